The van der Waals surface area contributed by atoms with Crippen LogP contribution in [0.1, 0.15) is 22.3 Å². The fourth-order valence-electron chi connectivity index (χ4n) is 2.68. The summed E-state index contributed by atoms with van der Waals surface area (Å²) in [6.45, 7) is 1.88. The van der Waals surface area contributed by atoms with E-state index in [0.29, 0.717) is 0 Å². The third kappa shape index (κ3) is 5.84. The molecule has 0 bridgehead atoms. The number of amides is 1. The molecular formula is C20H20F3NO3. The number of esters is 1. The van der Waals surface area contributed by atoms with Crippen LogP contribution in [0.5, 0.6) is 0 Å². The Morgan fingerprint density at radius 2 is 1.81 bits per heavy atom. The Morgan fingerprint density at radius 3 is 2.44 bits per heavy atom. The van der Waals surface area contributed by atoms with E-state index in [-0.39, 0.29) is 18.4 Å². The van der Waals surface area contributed by atoms with Crippen LogP contribution in [0, 0.1) is 6.92 Å². The number of methoxy groups -OCH3 is 1. The smallest absolute Gasteiger partial charge is 0.416 e. The second-order valence-corrected chi connectivity index (χ2v) is 6.15. The molecule has 0 spiro atoms. The van der Waals surface area contributed by atoms with Gasteiger partial charge in [-0.1, -0.05) is 42.5 Å². The monoisotopic (exact) mass is 379 g/mol. The topological polar surface area (TPSA) is 55.4 Å². The van der Waals surface area contributed by atoms with E-state index in [1.807, 2.05) is 31.2 Å². The fraction of sp³-hybridized carbons (Fsp3) is 0.300. The molecule has 0 radical (unpaired) electrons. The van der Waals surface area contributed by atoms with E-state index in [2.05, 4.69) is 5.32 Å². The minimum atomic E-state index is -4.48. The zero-order valence-electron chi connectivity index (χ0n) is 15.0. The Kier molecular flexibility index (Phi) is 6.60. The minimum Gasteiger partial charge on any atom is -0.467 e. The third-order valence-electron chi connectivity index (χ3n) is 4.13. The fourth-order valence-corrected chi connectivity index (χ4v) is 2.68. The van der Waals surface area contributed by atoms with Gasteiger partial charge >= 0.3 is 12.1 Å². The summed E-state index contributed by atoms with van der Waals surface area (Å²) in [7, 11) is 1.21. The number of alkyl halides is 3. The van der Waals surface area contributed by atoms with Crippen LogP contribution in [0.2, 0.25) is 0 Å². The molecule has 2 rings (SSSR count). The summed E-state index contributed by atoms with van der Waals surface area (Å²) in [4.78, 5) is 24.3. The van der Waals surface area contributed by atoms with E-state index in [1.54, 1.807) is 0 Å². The Morgan fingerprint density at radius 1 is 1.11 bits per heavy atom. The molecule has 0 aliphatic rings. The molecule has 0 aromatic heterocycles. The van der Waals surface area contributed by atoms with Gasteiger partial charge in [0.25, 0.3) is 0 Å². The second kappa shape index (κ2) is 8.70. The van der Waals surface area contributed by atoms with Crippen molar-refractivity contribution in [3.05, 3.63) is 70.8 Å². The number of halogens is 3. The quantitative estimate of drug-likeness (QED) is 0.782. The number of rotatable bonds is 6. The largest absolute Gasteiger partial charge is 0.467 e. The molecule has 1 N–H and O–H groups in total. The first-order valence-corrected chi connectivity index (χ1v) is 8.28. The number of hydrogen-bond acceptors (Lipinski definition) is 3. The van der Waals surface area contributed by atoms with Crippen LogP contribution in [0.3, 0.4) is 0 Å². The highest BCUT2D eigenvalue weighted by atomic mass is 19.4. The van der Waals surface area contributed by atoms with Crippen molar-refractivity contribution in [2.45, 2.75) is 32.0 Å². The first kappa shape index (κ1) is 20.5. The summed E-state index contributed by atoms with van der Waals surface area (Å²) < 4.78 is 43.1. The Balaban J connectivity index is 2.10. The lowest BCUT2D eigenvalue weighted by atomic mass is 10.0. The normalized spacial score (nSPS) is 12.3. The standard InChI is InChI=1S/C20H20F3NO3/c1-13-6-3-4-8-15(13)12-17(19(26)27-2)24-18(25)11-14-7-5-9-16(10-14)20(21,22)23/h3-10,17H,11-12H2,1-2H3,(H,24,25)/t17-/m0/s1. The van der Waals surface area contributed by atoms with E-state index in [1.165, 1.54) is 19.2 Å². The maximum Gasteiger partial charge on any atom is 0.416 e. The zero-order chi connectivity index (χ0) is 20.0. The molecule has 2 aromatic carbocycles. The molecule has 144 valence electrons. The summed E-state index contributed by atoms with van der Waals surface area (Å²) in [6, 6.07) is 11.0. The highest BCUT2D eigenvalue weighted by Crippen LogP contribution is 2.29. The van der Waals surface area contributed by atoms with Crippen LogP contribution >= 0.6 is 0 Å². The van der Waals surface area contributed by atoms with Crippen LogP contribution < -0.4 is 5.32 Å². The Hall–Kier alpha value is -2.83. The SMILES string of the molecule is COC(=O)[C@H](Cc1ccccc1C)NC(=O)Cc1cccc(C(F)(F)F)c1. The average Bonchev–Trinajstić information content (AvgIpc) is 2.61. The molecule has 7 heteroatoms. The number of nitrogens with one attached hydrogen (secondary N) is 1. The Labute approximate surface area is 155 Å². The van der Waals surface area contributed by atoms with Crippen molar-refractivity contribution in [1.29, 1.82) is 0 Å². The second-order valence-electron chi connectivity index (χ2n) is 6.15. The molecule has 0 aliphatic heterocycles. The predicted molar refractivity (Wildman–Crippen MR) is 94.0 cm³/mol. The van der Waals surface area contributed by atoms with Gasteiger partial charge < -0.3 is 10.1 Å². The molecule has 0 aliphatic carbocycles. The van der Waals surface area contributed by atoms with E-state index >= 15 is 0 Å². The van der Waals surface area contributed by atoms with Crippen molar-refractivity contribution in [3.63, 3.8) is 0 Å². The predicted octanol–water partition coefficient (Wildman–Crippen LogP) is 3.46. The minimum absolute atomic E-state index is 0.210. The lowest BCUT2D eigenvalue weighted by Gasteiger charge is -2.18. The summed E-state index contributed by atoms with van der Waals surface area (Å²) in [5.41, 5.74) is 1.21. The van der Waals surface area contributed by atoms with Crippen LogP contribution in [0.25, 0.3) is 0 Å². The number of carbonyl (C=O) groups excluding carboxylic acids is 2. The number of aryl methyl sites for hydroxylation is 1. The van der Waals surface area contributed by atoms with E-state index in [0.717, 1.165) is 23.3 Å². The number of benzene rings is 2. The van der Waals surface area contributed by atoms with E-state index in [9.17, 15) is 22.8 Å². The summed E-state index contributed by atoms with van der Waals surface area (Å²) in [6.07, 6.45) is -4.52. The number of hydrogen-bond donors (Lipinski definition) is 1. The van der Waals surface area contributed by atoms with Crippen molar-refractivity contribution >= 4 is 11.9 Å². The highest BCUT2D eigenvalue weighted by Gasteiger charge is 2.30. The van der Waals surface area contributed by atoms with Crippen LogP contribution in [0.4, 0.5) is 13.2 Å². The van der Waals surface area contributed by atoms with Gasteiger partial charge in [0.1, 0.15) is 6.04 Å². The lowest BCUT2D eigenvalue weighted by Crippen LogP contribution is -2.43. The maximum atomic E-state index is 12.8. The van der Waals surface area contributed by atoms with Crippen LogP contribution in [-0.2, 0) is 33.3 Å². The van der Waals surface area contributed by atoms with Crippen LogP contribution in [-0.4, -0.2) is 25.0 Å². The summed E-state index contributed by atoms with van der Waals surface area (Å²) in [5, 5.41) is 2.56. The van der Waals surface area contributed by atoms with Gasteiger partial charge in [0, 0.05) is 6.42 Å². The number of ether oxygens (including phenoxy) is 1. The molecule has 0 saturated carbocycles. The maximum absolute atomic E-state index is 12.8. The highest BCUT2D eigenvalue weighted by molar-refractivity contribution is 5.85. The molecule has 1 atom stereocenters. The van der Waals surface area contributed by atoms with Crippen molar-refractivity contribution in [2.24, 2.45) is 0 Å². The van der Waals surface area contributed by atoms with Gasteiger partial charge in [-0.05, 0) is 29.7 Å². The molecule has 4 nitrogen and oxygen atoms in total. The molecule has 27 heavy (non-hydrogen) atoms. The third-order valence-corrected chi connectivity index (χ3v) is 4.13. The van der Waals surface area contributed by atoms with Gasteiger partial charge in [-0.2, -0.15) is 13.2 Å². The molecule has 1 amide bonds. The summed E-state index contributed by atoms with van der Waals surface area (Å²) in [5.74, 6) is -1.17. The van der Waals surface area contributed by atoms with Crippen molar-refractivity contribution in [2.75, 3.05) is 7.11 Å². The van der Waals surface area contributed by atoms with E-state index < -0.39 is 29.7 Å². The first-order valence-electron chi connectivity index (χ1n) is 8.28. The van der Waals surface area contributed by atoms with Gasteiger partial charge in [-0.3, -0.25) is 4.79 Å². The van der Waals surface area contributed by atoms with Crippen molar-refractivity contribution in [1.82, 2.24) is 5.32 Å². The molecule has 2 aromatic rings. The molecule has 0 fully saturated rings. The van der Waals surface area contributed by atoms with Gasteiger partial charge in [0.05, 0.1) is 19.1 Å². The zero-order valence-corrected chi connectivity index (χ0v) is 15.0. The number of carbonyl (C=O) groups is 2. The van der Waals surface area contributed by atoms with Gasteiger partial charge in [0.2, 0.25) is 5.91 Å². The summed E-state index contributed by atoms with van der Waals surface area (Å²) >= 11 is 0. The Bertz CT molecular complexity index is 818. The van der Waals surface area contributed by atoms with Crippen molar-refractivity contribution < 1.29 is 27.5 Å². The van der Waals surface area contributed by atoms with Gasteiger partial charge in [-0.25, -0.2) is 4.79 Å². The molecular weight excluding hydrogens is 359 g/mol. The molecule has 0 unspecified atom stereocenters. The molecule has 0 heterocycles. The average molecular weight is 379 g/mol. The van der Waals surface area contributed by atoms with Crippen LogP contribution in [0.15, 0.2) is 48.5 Å². The first-order chi connectivity index (χ1) is 12.7. The van der Waals surface area contributed by atoms with E-state index in [4.69, 9.17) is 4.74 Å². The van der Waals surface area contributed by atoms with Gasteiger partial charge in [-0.15, -0.1) is 0 Å². The lowest BCUT2D eigenvalue weighted by molar-refractivity contribution is -0.145. The molecule has 0 saturated heterocycles. The van der Waals surface area contributed by atoms with Gasteiger partial charge in [0.15, 0.2) is 0 Å². The van der Waals surface area contributed by atoms with Crippen molar-refractivity contribution in [3.8, 4) is 0 Å².